The van der Waals surface area contributed by atoms with E-state index >= 15 is 0 Å². The molecule has 0 spiro atoms. The standard InChI is InChI=1S/C17H21N5O2S2/c1-8(2)10-7-25-17(18-10)21-15(24)13-9(3)12-14(23)19-11(6-22(4)5)20-16(12)26-13/h7-8H,6H2,1-5H3,(H,18,21,24)(H,19,20,23). The Morgan fingerprint density at radius 2 is 2.08 bits per heavy atom. The van der Waals surface area contributed by atoms with Crippen LogP contribution in [-0.2, 0) is 6.54 Å². The van der Waals surface area contributed by atoms with Crippen LogP contribution in [0.4, 0.5) is 5.13 Å². The Kier molecular flexibility index (Phi) is 5.22. The molecule has 0 aliphatic rings. The molecule has 1 amide bonds. The van der Waals surface area contributed by atoms with E-state index in [9.17, 15) is 9.59 Å². The summed E-state index contributed by atoms with van der Waals surface area (Å²) >= 11 is 2.63. The van der Waals surface area contributed by atoms with Crippen molar-refractivity contribution in [1.29, 1.82) is 0 Å². The fourth-order valence-electron chi connectivity index (χ4n) is 2.54. The third-order valence-corrected chi connectivity index (χ3v) is 5.82. The van der Waals surface area contributed by atoms with Crippen molar-refractivity contribution in [2.45, 2.75) is 33.2 Å². The number of nitrogens with zero attached hydrogens (tertiary/aromatic N) is 3. The summed E-state index contributed by atoms with van der Waals surface area (Å²) in [5, 5.41) is 5.81. The highest BCUT2D eigenvalue weighted by Crippen LogP contribution is 2.29. The van der Waals surface area contributed by atoms with E-state index in [0.717, 1.165) is 5.69 Å². The highest BCUT2D eigenvalue weighted by molar-refractivity contribution is 7.21. The summed E-state index contributed by atoms with van der Waals surface area (Å²) < 4.78 is 0. The number of carbonyl (C=O) groups is 1. The molecule has 0 aromatic carbocycles. The summed E-state index contributed by atoms with van der Waals surface area (Å²) in [6.45, 7) is 6.42. The zero-order valence-corrected chi connectivity index (χ0v) is 17.0. The molecule has 7 nitrogen and oxygen atoms in total. The molecule has 0 atom stereocenters. The minimum absolute atomic E-state index is 0.212. The van der Waals surface area contributed by atoms with Crippen LogP contribution in [0.5, 0.6) is 0 Å². The van der Waals surface area contributed by atoms with Gasteiger partial charge in [-0.05, 0) is 32.5 Å². The predicted molar refractivity (Wildman–Crippen MR) is 107 cm³/mol. The lowest BCUT2D eigenvalue weighted by molar-refractivity contribution is 0.103. The number of nitrogens with one attached hydrogen (secondary N) is 2. The number of aryl methyl sites for hydroxylation is 1. The maximum atomic E-state index is 12.7. The SMILES string of the molecule is Cc1c(C(=O)Nc2nc(C(C)C)cs2)sc2nc(CN(C)C)[nH]c(=O)c12. The van der Waals surface area contributed by atoms with Gasteiger partial charge in [0, 0.05) is 5.38 Å². The van der Waals surface area contributed by atoms with Gasteiger partial charge in [0.1, 0.15) is 10.7 Å². The summed E-state index contributed by atoms with van der Waals surface area (Å²) in [6, 6.07) is 0. The van der Waals surface area contributed by atoms with Crippen molar-refractivity contribution in [2.75, 3.05) is 19.4 Å². The number of amides is 1. The largest absolute Gasteiger partial charge is 0.309 e. The van der Waals surface area contributed by atoms with Crippen molar-refractivity contribution in [3.63, 3.8) is 0 Å². The molecule has 0 fully saturated rings. The lowest BCUT2D eigenvalue weighted by atomic mass is 10.2. The van der Waals surface area contributed by atoms with Crippen molar-refractivity contribution in [3.8, 4) is 0 Å². The number of hydrogen-bond donors (Lipinski definition) is 2. The van der Waals surface area contributed by atoms with Crippen LogP contribution in [-0.4, -0.2) is 39.9 Å². The van der Waals surface area contributed by atoms with Crippen molar-refractivity contribution >= 4 is 43.9 Å². The van der Waals surface area contributed by atoms with Gasteiger partial charge in [-0.25, -0.2) is 9.97 Å². The number of aromatic amines is 1. The van der Waals surface area contributed by atoms with Gasteiger partial charge in [-0.1, -0.05) is 13.8 Å². The van der Waals surface area contributed by atoms with Crippen LogP contribution in [0.25, 0.3) is 10.2 Å². The molecule has 0 aliphatic carbocycles. The van der Waals surface area contributed by atoms with E-state index in [-0.39, 0.29) is 11.5 Å². The second-order valence-corrected chi connectivity index (χ2v) is 8.53. The van der Waals surface area contributed by atoms with Gasteiger partial charge in [0.15, 0.2) is 5.13 Å². The van der Waals surface area contributed by atoms with E-state index in [4.69, 9.17) is 0 Å². The number of H-pyrrole nitrogens is 1. The Bertz CT molecular complexity index is 1020. The smallest absolute Gasteiger partial charge is 0.267 e. The topological polar surface area (TPSA) is 91.0 Å². The number of aromatic nitrogens is 3. The van der Waals surface area contributed by atoms with Gasteiger partial charge in [-0.2, -0.15) is 0 Å². The molecule has 3 rings (SSSR count). The summed E-state index contributed by atoms with van der Waals surface area (Å²) in [6.07, 6.45) is 0. The van der Waals surface area contributed by atoms with Crippen molar-refractivity contribution in [2.24, 2.45) is 0 Å². The first-order valence-electron chi connectivity index (χ1n) is 8.20. The lowest BCUT2D eigenvalue weighted by Crippen LogP contribution is -2.18. The van der Waals surface area contributed by atoms with Gasteiger partial charge in [0.05, 0.1) is 22.5 Å². The van der Waals surface area contributed by atoms with Crippen LogP contribution >= 0.6 is 22.7 Å². The van der Waals surface area contributed by atoms with E-state index in [1.54, 1.807) is 6.92 Å². The molecular formula is C17H21N5O2S2. The summed E-state index contributed by atoms with van der Waals surface area (Å²) in [7, 11) is 3.81. The number of thiophene rings is 1. The summed E-state index contributed by atoms with van der Waals surface area (Å²) in [5.74, 6) is 0.631. The van der Waals surface area contributed by atoms with E-state index in [1.165, 1.54) is 22.7 Å². The van der Waals surface area contributed by atoms with Crippen molar-refractivity contribution < 1.29 is 4.79 Å². The number of anilines is 1. The summed E-state index contributed by atoms with van der Waals surface area (Å²) in [5.41, 5.74) is 1.38. The third-order valence-electron chi connectivity index (χ3n) is 3.86. The average molecular weight is 392 g/mol. The molecule has 0 saturated carbocycles. The zero-order chi connectivity index (χ0) is 19.0. The van der Waals surface area contributed by atoms with Gasteiger partial charge >= 0.3 is 0 Å². The molecule has 0 bridgehead atoms. The molecule has 26 heavy (non-hydrogen) atoms. The first-order valence-corrected chi connectivity index (χ1v) is 9.89. The zero-order valence-electron chi connectivity index (χ0n) is 15.3. The van der Waals surface area contributed by atoms with E-state index in [2.05, 4.69) is 34.1 Å². The van der Waals surface area contributed by atoms with Gasteiger partial charge in [-0.3, -0.25) is 14.9 Å². The van der Waals surface area contributed by atoms with Crippen LogP contribution < -0.4 is 10.9 Å². The van der Waals surface area contributed by atoms with Crippen LogP contribution in [0, 0.1) is 6.92 Å². The normalized spacial score (nSPS) is 11.7. The molecular weight excluding hydrogens is 370 g/mol. The fraction of sp³-hybridized carbons (Fsp3) is 0.412. The Balaban J connectivity index is 1.93. The maximum absolute atomic E-state index is 12.7. The van der Waals surface area contributed by atoms with Crippen LogP contribution in [0.2, 0.25) is 0 Å². The summed E-state index contributed by atoms with van der Waals surface area (Å²) in [4.78, 5) is 39.8. The van der Waals surface area contributed by atoms with Gasteiger partial charge in [0.25, 0.3) is 11.5 Å². The Morgan fingerprint density at radius 1 is 1.35 bits per heavy atom. The third kappa shape index (κ3) is 3.69. The molecule has 0 saturated heterocycles. The number of fused-ring (bicyclic) bond motifs is 1. The van der Waals surface area contributed by atoms with E-state index in [0.29, 0.717) is 44.1 Å². The Morgan fingerprint density at radius 3 is 2.69 bits per heavy atom. The molecule has 0 unspecified atom stereocenters. The number of hydrogen-bond acceptors (Lipinski definition) is 7. The van der Waals surface area contributed by atoms with Crippen LogP contribution in [0.3, 0.4) is 0 Å². The van der Waals surface area contributed by atoms with E-state index in [1.807, 2.05) is 24.4 Å². The van der Waals surface area contributed by atoms with E-state index < -0.39 is 0 Å². The first-order chi connectivity index (χ1) is 12.3. The van der Waals surface area contributed by atoms with Gasteiger partial charge < -0.3 is 9.88 Å². The molecule has 9 heteroatoms. The highest BCUT2D eigenvalue weighted by atomic mass is 32.1. The molecule has 3 aromatic heterocycles. The molecule has 3 heterocycles. The second kappa shape index (κ2) is 7.26. The van der Waals surface area contributed by atoms with Crippen molar-refractivity contribution in [1.82, 2.24) is 19.9 Å². The highest BCUT2D eigenvalue weighted by Gasteiger charge is 2.20. The minimum atomic E-state index is -0.260. The van der Waals surface area contributed by atoms with Crippen LogP contribution in [0.1, 0.15) is 46.5 Å². The molecule has 0 radical (unpaired) electrons. The van der Waals surface area contributed by atoms with Gasteiger partial charge in [-0.15, -0.1) is 22.7 Å². The Labute approximate surface area is 159 Å². The molecule has 0 aliphatic heterocycles. The predicted octanol–water partition coefficient (Wildman–Crippen LogP) is 3.19. The number of carbonyl (C=O) groups excluding carboxylic acids is 1. The fourth-order valence-corrected chi connectivity index (χ4v) is 4.51. The maximum Gasteiger partial charge on any atom is 0.267 e. The lowest BCUT2D eigenvalue weighted by Gasteiger charge is -2.07. The number of rotatable bonds is 5. The molecule has 2 N–H and O–H groups in total. The van der Waals surface area contributed by atoms with Crippen LogP contribution in [0.15, 0.2) is 10.2 Å². The number of thiazole rings is 1. The average Bonchev–Trinajstić information content (AvgIpc) is 3.11. The Hall–Kier alpha value is -2.10. The molecule has 138 valence electrons. The minimum Gasteiger partial charge on any atom is -0.309 e. The van der Waals surface area contributed by atoms with Gasteiger partial charge in [0.2, 0.25) is 0 Å². The first kappa shape index (κ1) is 18.7. The quantitative estimate of drug-likeness (QED) is 0.697. The molecule has 3 aromatic rings. The monoisotopic (exact) mass is 391 g/mol. The van der Waals surface area contributed by atoms with Crippen molar-refractivity contribution in [3.05, 3.63) is 37.7 Å². The second-order valence-electron chi connectivity index (χ2n) is 6.67.